The first-order valence-electron chi connectivity index (χ1n) is 6.67. The van der Waals surface area contributed by atoms with E-state index in [0.29, 0.717) is 5.92 Å². The summed E-state index contributed by atoms with van der Waals surface area (Å²) in [7, 11) is 1.76. The van der Waals surface area contributed by atoms with Crippen molar-refractivity contribution >= 4 is 0 Å². The van der Waals surface area contributed by atoms with Gasteiger partial charge >= 0.3 is 0 Å². The fourth-order valence-corrected chi connectivity index (χ4v) is 3.21. The monoisotopic (exact) mass is 233 g/mol. The van der Waals surface area contributed by atoms with Gasteiger partial charge in [-0.25, -0.2) is 0 Å². The molecular weight excluding hydrogens is 210 g/mol. The van der Waals surface area contributed by atoms with Crippen LogP contribution in [-0.4, -0.2) is 13.7 Å². The average Bonchev–Trinajstić information content (AvgIpc) is 2.38. The molecule has 0 saturated heterocycles. The van der Waals surface area contributed by atoms with Crippen molar-refractivity contribution in [3.05, 3.63) is 29.3 Å². The maximum Gasteiger partial charge on any atom is 0.122 e. The molecule has 2 N–H and O–H groups in total. The number of nitrogens with two attached hydrogens (primary N) is 1. The summed E-state index contributed by atoms with van der Waals surface area (Å²) in [6.45, 7) is 2.99. The van der Waals surface area contributed by atoms with E-state index in [9.17, 15) is 0 Å². The molecular formula is C15H23NO. The Bertz CT molecular complexity index is 361. The van der Waals surface area contributed by atoms with Gasteiger partial charge in [0.05, 0.1) is 7.11 Å². The lowest BCUT2D eigenvalue weighted by Gasteiger charge is -2.34. The number of aryl methyl sites for hydroxylation is 1. The summed E-state index contributed by atoms with van der Waals surface area (Å²) in [6.07, 6.45) is 4.97. The van der Waals surface area contributed by atoms with Crippen LogP contribution in [0.5, 0.6) is 5.75 Å². The van der Waals surface area contributed by atoms with Crippen LogP contribution in [0.25, 0.3) is 0 Å². The second-order valence-corrected chi connectivity index (χ2v) is 4.96. The van der Waals surface area contributed by atoms with Gasteiger partial charge in [0, 0.05) is 11.5 Å². The molecule has 2 heteroatoms. The summed E-state index contributed by atoms with van der Waals surface area (Å²) >= 11 is 0. The molecule has 17 heavy (non-hydrogen) atoms. The third kappa shape index (κ3) is 2.32. The van der Waals surface area contributed by atoms with Crippen molar-refractivity contribution in [1.82, 2.24) is 0 Å². The maximum atomic E-state index is 6.01. The first-order valence-corrected chi connectivity index (χ1v) is 6.67. The second-order valence-electron chi connectivity index (χ2n) is 4.96. The van der Waals surface area contributed by atoms with Crippen molar-refractivity contribution in [3.8, 4) is 5.75 Å². The summed E-state index contributed by atoms with van der Waals surface area (Å²) in [5.41, 5.74) is 8.82. The Kier molecular flexibility index (Phi) is 4.06. The van der Waals surface area contributed by atoms with Gasteiger partial charge in [-0.3, -0.25) is 0 Å². The lowest BCUT2D eigenvalue weighted by atomic mass is 9.73. The van der Waals surface area contributed by atoms with E-state index in [-0.39, 0.29) is 0 Å². The van der Waals surface area contributed by atoms with Crippen molar-refractivity contribution < 1.29 is 4.74 Å². The first-order chi connectivity index (χ1) is 8.31. The second kappa shape index (κ2) is 5.54. The van der Waals surface area contributed by atoms with Crippen LogP contribution in [0.15, 0.2) is 18.2 Å². The molecule has 2 rings (SSSR count). The zero-order chi connectivity index (χ0) is 12.3. The van der Waals surface area contributed by atoms with Crippen LogP contribution in [0.2, 0.25) is 0 Å². The van der Waals surface area contributed by atoms with Crippen LogP contribution in [0.4, 0.5) is 0 Å². The zero-order valence-corrected chi connectivity index (χ0v) is 10.9. The van der Waals surface area contributed by atoms with Crippen LogP contribution in [0.1, 0.15) is 43.2 Å². The molecule has 0 aromatic heterocycles. The van der Waals surface area contributed by atoms with Gasteiger partial charge in [0.15, 0.2) is 0 Å². The molecule has 0 saturated carbocycles. The molecule has 2 atom stereocenters. The summed E-state index contributed by atoms with van der Waals surface area (Å²) in [5, 5.41) is 0. The summed E-state index contributed by atoms with van der Waals surface area (Å²) in [4.78, 5) is 0. The normalized spacial score (nSPS) is 23.2. The third-order valence-corrected chi connectivity index (χ3v) is 4.01. The predicted molar refractivity (Wildman–Crippen MR) is 71.5 cm³/mol. The van der Waals surface area contributed by atoms with Gasteiger partial charge in [0.25, 0.3) is 0 Å². The third-order valence-electron chi connectivity index (χ3n) is 4.01. The van der Waals surface area contributed by atoms with Gasteiger partial charge in [0.1, 0.15) is 5.75 Å². The number of fused-ring (bicyclic) bond motifs is 1. The van der Waals surface area contributed by atoms with Gasteiger partial charge in [0.2, 0.25) is 0 Å². The number of hydrogen-bond acceptors (Lipinski definition) is 2. The highest BCUT2D eigenvalue weighted by Crippen LogP contribution is 2.42. The Balaban J connectivity index is 2.38. The number of rotatable bonds is 4. The van der Waals surface area contributed by atoms with Crippen molar-refractivity contribution in [2.75, 3.05) is 13.7 Å². The smallest absolute Gasteiger partial charge is 0.122 e. The van der Waals surface area contributed by atoms with E-state index < -0.39 is 0 Å². The van der Waals surface area contributed by atoms with Crippen molar-refractivity contribution in [1.29, 1.82) is 0 Å². The van der Waals surface area contributed by atoms with E-state index >= 15 is 0 Å². The largest absolute Gasteiger partial charge is 0.496 e. The van der Waals surface area contributed by atoms with Crippen LogP contribution < -0.4 is 10.5 Å². The first kappa shape index (κ1) is 12.4. The molecule has 1 aliphatic carbocycles. The maximum absolute atomic E-state index is 6.01. The molecule has 0 spiro atoms. The lowest BCUT2D eigenvalue weighted by Crippen LogP contribution is -2.27. The Labute approximate surface area is 104 Å². The molecule has 1 aliphatic rings. The molecule has 1 aromatic carbocycles. The van der Waals surface area contributed by atoms with Crippen molar-refractivity contribution in [3.63, 3.8) is 0 Å². The fraction of sp³-hybridized carbons (Fsp3) is 0.600. The van der Waals surface area contributed by atoms with E-state index in [1.165, 1.54) is 36.8 Å². The highest BCUT2D eigenvalue weighted by molar-refractivity contribution is 5.45. The molecule has 0 radical (unpaired) electrons. The lowest BCUT2D eigenvalue weighted by molar-refractivity contribution is 0.331. The highest BCUT2D eigenvalue weighted by atomic mass is 16.5. The van der Waals surface area contributed by atoms with Crippen molar-refractivity contribution in [2.24, 2.45) is 11.7 Å². The minimum atomic E-state index is 0.481. The van der Waals surface area contributed by atoms with Crippen molar-refractivity contribution in [2.45, 2.75) is 38.5 Å². The Morgan fingerprint density at radius 2 is 2.24 bits per heavy atom. The average molecular weight is 233 g/mol. The minimum Gasteiger partial charge on any atom is -0.496 e. The molecule has 2 unspecified atom stereocenters. The van der Waals surface area contributed by atoms with Gasteiger partial charge in [-0.05, 0) is 36.9 Å². The van der Waals surface area contributed by atoms with E-state index in [2.05, 4.69) is 25.1 Å². The Hall–Kier alpha value is -1.02. The van der Waals surface area contributed by atoms with Crippen LogP contribution >= 0.6 is 0 Å². The molecule has 0 fully saturated rings. The van der Waals surface area contributed by atoms with E-state index in [1.54, 1.807) is 7.11 Å². The number of hydrogen-bond donors (Lipinski definition) is 1. The fourth-order valence-electron chi connectivity index (χ4n) is 3.21. The predicted octanol–water partition coefficient (Wildman–Crippen LogP) is 3.10. The molecule has 0 amide bonds. The molecule has 0 aliphatic heterocycles. The topological polar surface area (TPSA) is 35.2 Å². The van der Waals surface area contributed by atoms with Crippen LogP contribution in [-0.2, 0) is 6.42 Å². The molecule has 2 nitrogen and oxygen atoms in total. The molecule has 0 bridgehead atoms. The number of ether oxygens (including phenoxy) is 1. The highest BCUT2D eigenvalue weighted by Gasteiger charge is 2.30. The molecule has 1 aromatic rings. The van der Waals surface area contributed by atoms with E-state index in [1.807, 2.05) is 0 Å². The zero-order valence-electron chi connectivity index (χ0n) is 10.9. The summed E-state index contributed by atoms with van der Waals surface area (Å²) < 4.78 is 5.52. The number of benzene rings is 1. The molecule has 94 valence electrons. The van der Waals surface area contributed by atoms with Crippen LogP contribution in [0.3, 0.4) is 0 Å². The van der Waals surface area contributed by atoms with Gasteiger partial charge < -0.3 is 10.5 Å². The minimum absolute atomic E-state index is 0.481. The standard InChI is InChI=1S/C15H23NO/c1-3-5-11-8-9-12-6-4-7-14(17-2)15(12)13(11)10-16/h4,6-7,11,13H,3,5,8-10,16H2,1-2H3. The Morgan fingerprint density at radius 3 is 2.88 bits per heavy atom. The molecule has 0 heterocycles. The van der Waals surface area contributed by atoms with Gasteiger partial charge in [-0.1, -0.05) is 31.9 Å². The van der Waals surface area contributed by atoms with Gasteiger partial charge in [-0.15, -0.1) is 0 Å². The summed E-state index contributed by atoms with van der Waals surface area (Å²) in [5.74, 6) is 2.24. The summed E-state index contributed by atoms with van der Waals surface area (Å²) in [6, 6.07) is 6.38. The van der Waals surface area contributed by atoms with Gasteiger partial charge in [-0.2, -0.15) is 0 Å². The van der Waals surface area contributed by atoms with E-state index in [0.717, 1.165) is 18.2 Å². The van der Waals surface area contributed by atoms with Crippen LogP contribution in [0, 0.1) is 5.92 Å². The quantitative estimate of drug-likeness (QED) is 0.867. The number of methoxy groups -OCH3 is 1. The Morgan fingerprint density at radius 1 is 1.41 bits per heavy atom. The SMILES string of the molecule is CCCC1CCc2cccc(OC)c2C1CN. The van der Waals surface area contributed by atoms with E-state index in [4.69, 9.17) is 10.5 Å².